The van der Waals surface area contributed by atoms with E-state index >= 15 is 0 Å². The molecule has 0 unspecified atom stereocenters. The highest BCUT2D eigenvalue weighted by atomic mass is 32.1. The zero-order valence-electron chi connectivity index (χ0n) is 5.04. The molecular weight excluding hydrogens is 149 g/mol. The second-order valence-electron chi connectivity index (χ2n) is 1.97. The summed E-state index contributed by atoms with van der Waals surface area (Å²) in [6.45, 7) is 0. The van der Waals surface area contributed by atoms with E-state index in [1.807, 2.05) is 12.1 Å². The fourth-order valence-electron chi connectivity index (χ4n) is 0.855. The lowest BCUT2D eigenvalue weighted by atomic mass is 10.3. The lowest BCUT2D eigenvalue weighted by Gasteiger charge is -1.82. The lowest BCUT2D eigenvalue weighted by molar-refractivity contribution is 0.609. The van der Waals surface area contributed by atoms with Crippen molar-refractivity contribution in [3.05, 3.63) is 30.2 Å². The third-order valence-electron chi connectivity index (χ3n) is 1.33. The van der Waals surface area contributed by atoms with Crippen molar-refractivity contribution in [1.29, 1.82) is 0 Å². The van der Waals surface area contributed by atoms with Gasteiger partial charge in [-0.05, 0) is 23.7 Å². The van der Waals surface area contributed by atoms with Crippen molar-refractivity contribution in [2.45, 2.75) is 0 Å². The first kappa shape index (κ1) is 5.80. The summed E-state index contributed by atoms with van der Waals surface area (Å²) in [5, 5.41) is 0.618. The normalized spacial score (nSPS) is 10.5. The molecule has 0 spiro atoms. The number of nitrogens with zero attached hydrogens (tertiary/aromatic N) is 1. The second-order valence-corrected chi connectivity index (χ2v) is 2.77. The Labute approximate surface area is 61.3 Å². The maximum atomic E-state index is 12.6. The fourth-order valence-corrected chi connectivity index (χ4v) is 1.52. The van der Waals surface area contributed by atoms with Gasteiger partial charge in [0.05, 0.1) is 4.70 Å². The molecule has 3 heteroatoms. The number of halogens is 1. The largest absolute Gasteiger partial charge is 0.232 e. The lowest BCUT2D eigenvalue weighted by Crippen LogP contribution is -1.68. The molecule has 1 aromatic heterocycles. The quantitative estimate of drug-likeness (QED) is 0.566. The zero-order valence-corrected chi connectivity index (χ0v) is 5.86. The fraction of sp³-hybridized carbons (Fsp3) is 0. The van der Waals surface area contributed by atoms with Crippen LogP contribution in [0.25, 0.3) is 10.1 Å². The van der Waals surface area contributed by atoms with Crippen LogP contribution in [0.2, 0.25) is 0 Å². The predicted octanol–water partition coefficient (Wildman–Crippen LogP) is 2.44. The maximum absolute atomic E-state index is 12.6. The van der Waals surface area contributed by atoms with Crippen molar-refractivity contribution in [3.63, 3.8) is 0 Å². The van der Waals surface area contributed by atoms with E-state index in [-0.39, 0.29) is 5.95 Å². The number of fused-ring (bicyclic) bond motifs is 1. The SMILES string of the molecule is Fc1nsc2ccccc12. The molecule has 1 nitrogen and oxygen atoms in total. The molecular formula is C7H4FNS. The smallest absolute Gasteiger partial charge is 0.183 e. The number of hydrogen-bond acceptors (Lipinski definition) is 2. The molecule has 0 saturated heterocycles. The van der Waals surface area contributed by atoms with E-state index in [4.69, 9.17) is 0 Å². The molecule has 0 amide bonds. The molecule has 0 N–H and O–H groups in total. The highest BCUT2D eigenvalue weighted by Crippen LogP contribution is 2.19. The molecule has 0 fully saturated rings. The summed E-state index contributed by atoms with van der Waals surface area (Å²) in [6.07, 6.45) is 0. The van der Waals surface area contributed by atoms with Gasteiger partial charge < -0.3 is 0 Å². The van der Waals surface area contributed by atoms with Crippen LogP contribution in [0, 0.1) is 5.95 Å². The van der Waals surface area contributed by atoms with Crippen LogP contribution >= 0.6 is 11.5 Å². The molecule has 0 radical (unpaired) electrons. The molecule has 0 aliphatic rings. The molecule has 1 aromatic carbocycles. The Morgan fingerprint density at radius 3 is 2.90 bits per heavy atom. The van der Waals surface area contributed by atoms with Crippen LogP contribution < -0.4 is 0 Å². The minimum atomic E-state index is -0.361. The summed E-state index contributed by atoms with van der Waals surface area (Å²) in [7, 11) is 0. The second kappa shape index (κ2) is 2.02. The van der Waals surface area contributed by atoms with Gasteiger partial charge in [-0.25, -0.2) is 0 Å². The minimum absolute atomic E-state index is 0.361. The Bertz CT molecular complexity index is 355. The van der Waals surface area contributed by atoms with Crippen molar-refractivity contribution in [2.24, 2.45) is 0 Å². The summed E-state index contributed by atoms with van der Waals surface area (Å²) < 4.78 is 17.1. The van der Waals surface area contributed by atoms with E-state index in [0.717, 1.165) is 4.70 Å². The topological polar surface area (TPSA) is 12.9 Å². The molecule has 10 heavy (non-hydrogen) atoms. The summed E-state index contributed by atoms with van der Waals surface area (Å²) in [5.74, 6) is -0.361. The molecule has 0 bridgehead atoms. The average Bonchev–Trinajstić information content (AvgIpc) is 2.34. The van der Waals surface area contributed by atoms with Gasteiger partial charge in [0.1, 0.15) is 0 Å². The zero-order chi connectivity index (χ0) is 6.97. The van der Waals surface area contributed by atoms with Crippen LogP contribution in [0.1, 0.15) is 0 Å². The first-order chi connectivity index (χ1) is 4.88. The summed E-state index contributed by atoms with van der Waals surface area (Å²) in [5.41, 5.74) is 0. The summed E-state index contributed by atoms with van der Waals surface area (Å²) in [6, 6.07) is 7.27. The van der Waals surface area contributed by atoms with Crippen molar-refractivity contribution >= 4 is 21.6 Å². The molecule has 50 valence electrons. The first-order valence-corrected chi connectivity index (χ1v) is 3.65. The van der Waals surface area contributed by atoms with Crippen LogP contribution in [0.4, 0.5) is 4.39 Å². The molecule has 2 aromatic rings. The molecule has 0 aliphatic heterocycles. The average molecular weight is 153 g/mol. The minimum Gasteiger partial charge on any atom is -0.183 e. The monoisotopic (exact) mass is 153 g/mol. The van der Waals surface area contributed by atoms with Gasteiger partial charge in [-0.15, -0.1) is 0 Å². The van der Waals surface area contributed by atoms with Gasteiger partial charge in [0.25, 0.3) is 0 Å². The van der Waals surface area contributed by atoms with Crippen LogP contribution in [0.15, 0.2) is 24.3 Å². The summed E-state index contributed by atoms with van der Waals surface area (Å²) in [4.78, 5) is 0. The van der Waals surface area contributed by atoms with Crippen molar-refractivity contribution < 1.29 is 4.39 Å². The van der Waals surface area contributed by atoms with Crippen LogP contribution in [-0.4, -0.2) is 4.37 Å². The number of aromatic nitrogens is 1. The van der Waals surface area contributed by atoms with Gasteiger partial charge in [0, 0.05) is 5.39 Å². The predicted molar refractivity (Wildman–Crippen MR) is 39.6 cm³/mol. The molecule has 1 heterocycles. The maximum Gasteiger partial charge on any atom is 0.232 e. The third kappa shape index (κ3) is 0.708. The molecule has 0 aliphatic carbocycles. The van der Waals surface area contributed by atoms with Gasteiger partial charge in [-0.3, -0.25) is 0 Å². The van der Waals surface area contributed by atoms with Crippen LogP contribution in [0.3, 0.4) is 0 Å². The third-order valence-corrected chi connectivity index (χ3v) is 2.14. The Balaban J connectivity index is 2.93. The molecule has 0 saturated carbocycles. The van der Waals surface area contributed by atoms with Crippen molar-refractivity contribution in [1.82, 2.24) is 4.37 Å². The highest BCUT2D eigenvalue weighted by Gasteiger charge is 2.01. The van der Waals surface area contributed by atoms with Gasteiger partial charge in [0.2, 0.25) is 5.95 Å². The number of rotatable bonds is 0. The van der Waals surface area contributed by atoms with Gasteiger partial charge in [-0.2, -0.15) is 8.76 Å². The molecule has 2 rings (SSSR count). The van der Waals surface area contributed by atoms with E-state index in [2.05, 4.69) is 4.37 Å². The summed E-state index contributed by atoms with van der Waals surface area (Å²) >= 11 is 1.19. The van der Waals surface area contributed by atoms with E-state index in [0.29, 0.717) is 5.39 Å². The van der Waals surface area contributed by atoms with Crippen LogP contribution in [-0.2, 0) is 0 Å². The number of hydrogen-bond donors (Lipinski definition) is 0. The van der Waals surface area contributed by atoms with E-state index in [1.165, 1.54) is 11.5 Å². The highest BCUT2D eigenvalue weighted by molar-refractivity contribution is 7.13. The number of benzene rings is 1. The van der Waals surface area contributed by atoms with E-state index in [1.54, 1.807) is 12.1 Å². The Hall–Kier alpha value is -0.960. The Morgan fingerprint density at radius 1 is 1.30 bits per heavy atom. The Kier molecular flexibility index (Phi) is 1.17. The molecule has 0 atom stereocenters. The van der Waals surface area contributed by atoms with Crippen molar-refractivity contribution in [2.75, 3.05) is 0 Å². The van der Waals surface area contributed by atoms with Crippen LogP contribution in [0.5, 0.6) is 0 Å². The van der Waals surface area contributed by atoms with E-state index < -0.39 is 0 Å². The Morgan fingerprint density at radius 2 is 2.10 bits per heavy atom. The first-order valence-electron chi connectivity index (χ1n) is 2.88. The van der Waals surface area contributed by atoms with Crippen molar-refractivity contribution in [3.8, 4) is 0 Å². The van der Waals surface area contributed by atoms with Gasteiger partial charge >= 0.3 is 0 Å². The van der Waals surface area contributed by atoms with E-state index in [9.17, 15) is 4.39 Å². The van der Waals surface area contributed by atoms with Gasteiger partial charge in [-0.1, -0.05) is 12.1 Å². The van der Waals surface area contributed by atoms with Gasteiger partial charge in [0.15, 0.2) is 0 Å². The standard InChI is InChI=1S/C7H4FNS/c8-7-5-3-1-2-4-6(5)10-9-7/h1-4H.